The summed E-state index contributed by atoms with van der Waals surface area (Å²) >= 11 is 0. The van der Waals surface area contributed by atoms with Crippen molar-refractivity contribution in [1.29, 1.82) is 0 Å². The molecule has 25 heavy (non-hydrogen) atoms. The van der Waals surface area contributed by atoms with Gasteiger partial charge in [0.25, 0.3) is 5.91 Å². The van der Waals surface area contributed by atoms with E-state index in [1.54, 1.807) is 24.1 Å². The van der Waals surface area contributed by atoms with Crippen LogP contribution in [0.3, 0.4) is 0 Å². The van der Waals surface area contributed by atoms with Crippen molar-refractivity contribution in [3.8, 4) is 0 Å². The molecule has 1 spiro atoms. The maximum atomic E-state index is 12.6. The fraction of sp³-hybridized carbons (Fsp3) is 0.500. The zero-order valence-corrected chi connectivity index (χ0v) is 14.2. The molecule has 2 N–H and O–H groups in total. The van der Waals surface area contributed by atoms with Crippen LogP contribution < -0.4 is 5.32 Å². The average Bonchev–Trinajstić information content (AvgIpc) is 2.92. The number of hydrogen-bond acceptors (Lipinski definition) is 4. The Morgan fingerprint density at radius 3 is 2.48 bits per heavy atom. The van der Waals surface area contributed by atoms with Crippen LogP contribution in [0.4, 0.5) is 0 Å². The van der Waals surface area contributed by atoms with Gasteiger partial charge < -0.3 is 20.1 Å². The van der Waals surface area contributed by atoms with Crippen LogP contribution in [0.5, 0.6) is 0 Å². The Hall–Kier alpha value is -2.41. The molecule has 0 radical (unpaired) electrons. The number of nitrogens with one attached hydrogen (secondary N) is 1. The first kappa shape index (κ1) is 17.4. The second-order valence-corrected chi connectivity index (χ2v) is 6.72. The number of hydrogen-bond donors (Lipinski definition) is 2. The van der Waals surface area contributed by atoms with Gasteiger partial charge in [0.1, 0.15) is 0 Å². The molecule has 0 aromatic heterocycles. The number of ether oxygens (including phenoxy) is 1. The molecule has 7 nitrogen and oxygen atoms in total. The summed E-state index contributed by atoms with van der Waals surface area (Å²) in [6.45, 7) is 1.36. The first-order valence-electron chi connectivity index (χ1n) is 8.36. The number of carbonyl (C=O) groups excluding carboxylic acids is 2. The van der Waals surface area contributed by atoms with Gasteiger partial charge in [-0.25, -0.2) is 0 Å². The van der Waals surface area contributed by atoms with Gasteiger partial charge >= 0.3 is 5.97 Å². The third-order valence-corrected chi connectivity index (χ3v) is 5.20. The van der Waals surface area contributed by atoms with Gasteiger partial charge in [-0.3, -0.25) is 14.4 Å². The number of benzene rings is 1. The van der Waals surface area contributed by atoms with Crippen molar-refractivity contribution in [2.75, 3.05) is 20.2 Å². The molecule has 3 rings (SSSR count). The number of carbonyl (C=O) groups is 3. The maximum absolute atomic E-state index is 12.6. The van der Waals surface area contributed by atoms with Gasteiger partial charge in [-0.1, -0.05) is 12.1 Å². The number of amides is 2. The van der Waals surface area contributed by atoms with Crippen LogP contribution >= 0.6 is 0 Å². The summed E-state index contributed by atoms with van der Waals surface area (Å²) in [5.74, 6) is -1.96. The number of nitrogens with zero attached hydrogens (tertiary/aromatic N) is 1. The molecule has 7 heteroatoms. The molecular formula is C18H22N2O5. The minimum Gasteiger partial charge on any atom is -0.481 e. The van der Waals surface area contributed by atoms with Crippen molar-refractivity contribution in [2.45, 2.75) is 31.4 Å². The van der Waals surface area contributed by atoms with E-state index in [1.165, 1.54) is 0 Å². The summed E-state index contributed by atoms with van der Waals surface area (Å²) < 4.78 is 5.06. The van der Waals surface area contributed by atoms with Crippen LogP contribution in [0.15, 0.2) is 24.3 Å². The highest BCUT2D eigenvalue weighted by Gasteiger charge is 2.52. The quantitative estimate of drug-likeness (QED) is 0.849. The zero-order valence-electron chi connectivity index (χ0n) is 14.2. The Morgan fingerprint density at radius 2 is 1.92 bits per heavy atom. The van der Waals surface area contributed by atoms with Crippen molar-refractivity contribution in [3.05, 3.63) is 35.4 Å². The van der Waals surface area contributed by atoms with Crippen LogP contribution in [0.1, 0.15) is 35.2 Å². The van der Waals surface area contributed by atoms with Gasteiger partial charge in [-0.05, 0) is 30.5 Å². The van der Waals surface area contributed by atoms with E-state index in [2.05, 4.69) is 5.32 Å². The van der Waals surface area contributed by atoms with Crippen molar-refractivity contribution in [3.63, 3.8) is 0 Å². The fourth-order valence-electron chi connectivity index (χ4n) is 3.80. The smallest absolute Gasteiger partial charge is 0.309 e. The first-order chi connectivity index (χ1) is 11.9. The standard InChI is InChI=1S/C18H22N2O5/c1-25-11-12-2-4-13(5-3-12)16(22)20-8-6-18(7-9-20)14(17(23)24)10-15(21)19-18/h2-5,14H,6-11H2,1H3,(H,19,21)(H,23,24). The van der Waals surface area contributed by atoms with Crippen molar-refractivity contribution < 1.29 is 24.2 Å². The van der Waals surface area contributed by atoms with E-state index in [-0.39, 0.29) is 18.2 Å². The number of likely N-dealkylation sites (tertiary alicyclic amines) is 1. The fourth-order valence-corrected chi connectivity index (χ4v) is 3.80. The maximum Gasteiger partial charge on any atom is 0.309 e. The molecule has 1 aromatic carbocycles. The second kappa shape index (κ2) is 6.84. The lowest BCUT2D eigenvalue weighted by atomic mass is 9.77. The van der Waals surface area contributed by atoms with Crippen molar-refractivity contribution in [2.24, 2.45) is 5.92 Å². The number of piperidine rings is 1. The second-order valence-electron chi connectivity index (χ2n) is 6.72. The topological polar surface area (TPSA) is 95.9 Å². The third-order valence-electron chi connectivity index (χ3n) is 5.20. The van der Waals surface area contributed by atoms with Gasteiger partial charge in [-0.2, -0.15) is 0 Å². The summed E-state index contributed by atoms with van der Waals surface area (Å²) in [5, 5.41) is 12.2. The molecule has 2 amide bonds. The van der Waals surface area contributed by atoms with Gasteiger partial charge in [0.05, 0.1) is 18.1 Å². The molecule has 0 saturated carbocycles. The van der Waals surface area contributed by atoms with Gasteiger partial charge in [0.15, 0.2) is 0 Å². The van der Waals surface area contributed by atoms with E-state index < -0.39 is 17.4 Å². The minimum atomic E-state index is -0.952. The number of carboxylic acids is 1. The molecule has 1 aromatic rings. The van der Waals surface area contributed by atoms with Crippen molar-refractivity contribution >= 4 is 17.8 Å². The molecule has 2 aliphatic heterocycles. The first-order valence-corrected chi connectivity index (χ1v) is 8.36. The molecular weight excluding hydrogens is 324 g/mol. The molecule has 2 aliphatic rings. The monoisotopic (exact) mass is 346 g/mol. The number of rotatable bonds is 4. The lowest BCUT2D eigenvalue weighted by Crippen LogP contribution is -2.56. The van der Waals surface area contributed by atoms with Crippen LogP contribution in [-0.2, 0) is 20.9 Å². The Bertz CT molecular complexity index is 677. The number of carboxylic acid groups (broad SMARTS) is 1. The van der Waals surface area contributed by atoms with Crippen LogP contribution in [0.25, 0.3) is 0 Å². The van der Waals surface area contributed by atoms with E-state index in [9.17, 15) is 19.5 Å². The van der Waals surface area contributed by atoms with Gasteiger partial charge in [-0.15, -0.1) is 0 Å². The van der Waals surface area contributed by atoms with Crippen LogP contribution in [0, 0.1) is 5.92 Å². The van der Waals surface area contributed by atoms with E-state index in [0.29, 0.717) is 38.1 Å². The summed E-state index contributed by atoms with van der Waals surface area (Å²) in [7, 11) is 1.62. The van der Waals surface area contributed by atoms with E-state index in [0.717, 1.165) is 5.56 Å². The van der Waals surface area contributed by atoms with E-state index >= 15 is 0 Å². The Balaban J connectivity index is 1.66. The zero-order chi connectivity index (χ0) is 18.0. The summed E-state index contributed by atoms with van der Waals surface area (Å²) in [6.07, 6.45) is 0.941. The average molecular weight is 346 g/mol. The largest absolute Gasteiger partial charge is 0.481 e. The van der Waals surface area contributed by atoms with Gasteiger partial charge in [0.2, 0.25) is 5.91 Å². The highest BCUT2D eigenvalue weighted by molar-refractivity contribution is 5.94. The molecule has 2 heterocycles. The highest BCUT2D eigenvalue weighted by Crippen LogP contribution is 2.37. The molecule has 1 atom stereocenters. The minimum absolute atomic E-state index is 0.0181. The van der Waals surface area contributed by atoms with E-state index in [4.69, 9.17) is 4.74 Å². The molecule has 2 saturated heterocycles. The van der Waals surface area contributed by atoms with Gasteiger partial charge in [0, 0.05) is 32.2 Å². The predicted molar refractivity (Wildman–Crippen MR) is 88.9 cm³/mol. The summed E-state index contributed by atoms with van der Waals surface area (Å²) in [4.78, 5) is 37.5. The Kier molecular flexibility index (Phi) is 4.76. The Labute approximate surface area is 146 Å². The molecule has 0 bridgehead atoms. The normalized spacial score (nSPS) is 22.0. The molecule has 0 aliphatic carbocycles. The van der Waals surface area contributed by atoms with E-state index in [1.807, 2.05) is 12.1 Å². The van der Waals surface area contributed by atoms with Crippen LogP contribution in [0.2, 0.25) is 0 Å². The lowest BCUT2D eigenvalue weighted by molar-refractivity contribution is -0.144. The Morgan fingerprint density at radius 1 is 1.28 bits per heavy atom. The predicted octanol–water partition coefficient (Wildman–Crippen LogP) is 1.03. The SMILES string of the molecule is COCc1ccc(C(=O)N2CCC3(CC2)NC(=O)CC3C(=O)O)cc1. The number of aliphatic carboxylic acids is 1. The van der Waals surface area contributed by atoms with Crippen molar-refractivity contribution in [1.82, 2.24) is 10.2 Å². The highest BCUT2D eigenvalue weighted by atomic mass is 16.5. The third kappa shape index (κ3) is 3.37. The summed E-state index contributed by atoms with van der Waals surface area (Å²) in [6, 6.07) is 7.27. The lowest BCUT2D eigenvalue weighted by Gasteiger charge is -2.41. The summed E-state index contributed by atoms with van der Waals surface area (Å²) in [5.41, 5.74) is 0.873. The molecule has 134 valence electrons. The van der Waals surface area contributed by atoms with Crippen LogP contribution in [-0.4, -0.2) is 53.5 Å². The molecule has 1 unspecified atom stereocenters. The molecule has 2 fully saturated rings. The number of methoxy groups -OCH3 is 1.